The lowest BCUT2D eigenvalue weighted by Crippen LogP contribution is -2.04. The van der Waals surface area contributed by atoms with Gasteiger partial charge < -0.3 is 14.6 Å². The lowest BCUT2D eigenvalue weighted by Gasteiger charge is -1.96. The second-order valence-corrected chi connectivity index (χ2v) is 3.29. The molecule has 1 heterocycles. The van der Waals surface area contributed by atoms with Crippen molar-refractivity contribution in [3.8, 4) is 11.8 Å². The molecular formula is C12H9NO5. The van der Waals surface area contributed by atoms with Gasteiger partial charge in [0.05, 0.1) is 5.39 Å². The fourth-order valence-electron chi connectivity index (χ4n) is 1.19. The lowest BCUT2D eigenvalue weighted by atomic mass is 10.2. The minimum absolute atomic E-state index is 0.0188. The molecule has 2 aromatic rings. The molecule has 0 unspecified atom stereocenters. The third kappa shape index (κ3) is 3.09. The van der Waals surface area contributed by atoms with Gasteiger partial charge in [-0.15, -0.1) is 0 Å². The lowest BCUT2D eigenvalue weighted by molar-refractivity contribution is -0.134. The number of benzene rings is 1. The van der Waals surface area contributed by atoms with Crippen LogP contribution in [-0.2, 0) is 4.79 Å². The first kappa shape index (κ1) is 13.3. The number of carbonyl (C=O) groups is 1. The number of aliphatic carboxylic acids is 1. The summed E-state index contributed by atoms with van der Waals surface area (Å²) in [5.41, 5.74) is -0.147. The molecule has 0 saturated carbocycles. The molecule has 0 saturated heterocycles. The predicted molar refractivity (Wildman–Crippen MR) is 62.2 cm³/mol. The fourth-order valence-corrected chi connectivity index (χ4v) is 1.19. The van der Waals surface area contributed by atoms with Crippen molar-refractivity contribution in [1.29, 1.82) is 5.26 Å². The molecule has 0 aliphatic rings. The van der Waals surface area contributed by atoms with Gasteiger partial charge in [-0.3, -0.25) is 9.59 Å². The SMILES string of the molecule is CC(=O)O.N#Cc1coc2cc(O)ccc2c1=O. The highest BCUT2D eigenvalue weighted by atomic mass is 16.4. The van der Waals surface area contributed by atoms with Crippen LogP contribution in [0.15, 0.2) is 33.7 Å². The molecule has 0 amide bonds. The largest absolute Gasteiger partial charge is 0.508 e. The van der Waals surface area contributed by atoms with Crippen molar-refractivity contribution in [2.75, 3.05) is 0 Å². The highest BCUT2D eigenvalue weighted by Crippen LogP contribution is 2.17. The molecule has 0 aliphatic heterocycles. The van der Waals surface area contributed by atoms with E-state index in [-0.39, 0.29) is 22.3 Å². The molecule has 18 heavy (non-hydrogen) atoms. The number of hydrogen-bond donors (Lipinski definition) is 2. The number of hydrogen-bond acceptors (Lipinski definition) is 5. The van der Waals surface area contributed by atoms with E-state index in [0.29, 0.717) is 5.39 Å². The molecule has 1 aromatic carbocycles. The topological polar surface area (TPSA) is 112 Å². The van der Waals surface area contributed by atoms with Crippen molar-refractivity contribution in [3.05, 3.63) is 40.2 Å². The van der Waals surface area contributed by atoms with Gasteiger partial charge >= 0.3 is 0 Å². The van der Waals surface area contributed by atoms with E-state index in [1.54, 1.807) is 6.07 Å². The predicted octanol–water partition coefficient (Wildman–Crippen LogP) is 1.46. The van der Waals surface area contributed by atoms with Crippen LogP contribution in [0.5, 0.6) is 5.75 Å². The van der Waals surface area contributed by atoms with E-state index in [0.717, 1.165) is 13.2 Å². The molecule has 6 heteroatoms. The Bertz CT molecular complexity index is 677. The van der Waals surface area contributed by atoms with Crippen LogP contribution < -0.4 is 5.43 Å². The molecule has 0 aliphatic carbocycles. The van der Waals surface area contributed by atoms with E-state index in [1.807, 2.05) is 0 Å². The van der Waals surface area contributed by atoms with Gasteiger partial charge in [0.1, 0.15) is 29.2 Å². The average molecular weight is 247 g/mol. The summed E-state index contributed by atoms with van der Waals surface area (Å²) in [4.78, 5) is 20.5. The number of phenolic OH excluding ortho intramolecular Hbond substituents is 1. The molecule has 0 atom stereocenters. The Hall–Kier alpha value is -2.81. The first-order chi connectivity index (χ1) is 8.45. The second-order valence-electron chi connectivity index (χ2n) is 3.29. The number of carboxylic acid groups (broad SMARTS) is 1. The maximum atomic E-state index is 11.5. The van der Waals surface area contributed by atoms with E-state index >= 15 is 0 Å². The summed E-state index contributed by atoms with van der Waals surface area (Å²) in [6, 6.07) is 5.87. The molecular weight excluding hydrogens is 238 g/mol. The summed E-state index contributed by atoms with van der Waals surface area (Å²) in [7, 11) is 0. The highest BCUT2D eigenvalue weighted by molar-refractivity contribution is 5.78. The summed E-state index contributed by atoms with van der Waals surface area (Å²) in [6.45, 7) is 1.08. The summed E-state index contributed by atoms with van der Waals surface area (Å²) in [5, 5.41) is 25.4. The fraction of sp³-hybridized carbons (Fsp3) is 0.0833. The van der Waals surface area contributed by atoms with Crippen molar-refractivity contribution < 1.29 is 19.4 Å². The quantitative estimate of drug-likeness (QED) is 0.728. The van der Waals surface area contributed by atoms with Crippen molar-refractivity contribution in [1.82, 2.24) is 0 Å². The number of fused-ring (bicyclic) bond motifs is 1. The van der Waals surface area contributed by atoms with E-state index < -0.39 is 5.97 Å². The van der Waals surface area contributed by atoms with Crippen LogP contribution in [0.25, 0.3) is 11.0 Å². The van der Waals surface area contributed by atoms with Gasteiger partial charge in [-0.2, -0.15) is 5.26 Å². The number of phenols is 1. The average Bonchev–Trinajstić information content (AvgIpc) is 2.28. The number of nitriles is 1. The maximum absolute atomic E-state index is 11.5. The molecule has 0 fully saturated rings. The smallest absolute Gasteiger partial charge is 0.300 e. The number of aromatic hydroxyl groups is 1. The summed E-state index contributed by atoms with van der Waals surface area (Å²) in [5.74, 6) is -0.814. The first-order valence-electron chi connectivity index (χ1n) is 4.80. The van der Waals surface area contributed by atoms with Crippen LogP contribution in [0.4, 0.5) is 0 Å². The highest BCUT2D eigenvalue weighted by Gasteiger charge is 2.06. The van der Waals surface area contributed by atoms with Gasteiger partial charge in [0.25, 0.3) is 5.97 Å². The van der Waals surface area contributed by atoms with Crippen LogP contribution in [-0.4, -0.2) is 16.2 Å². The minimum atomic E-state index is -0.833. The van der Waals surface area contributed by atoms with Gasteiger partial charge in [-0.05, 0) is 12.1 Å². The Morgan fingerprint density at radius 1 is 1.44 bits per heavy atom. The monoisotopic (exact) mass is 247 g/mol. The molecule has 1 aromatic heterocycles. The Labute approximate surface area is 101 Å². The Morgan fingerprint density at radius 3 is 2.61 bits per heavy atom. The standard InChI is InChI=1S/C10H5NO3.C2H4O2/c11-4-6-5-14-9-3-7(12)1-2-8(9)10(6)13;1-2(3)4/h1-3,5,12H;1H3,(H,3,4). The third-order valence-corrected chi connectivity index (χ3v) is 1.88. The van der Waals surface area contributed by atoms with E-state index in [9.17, 15) is 4.79 Å². The van der Waals surface area contributed by atoms with Gasteiger partial charge in [0.2, 0.25) is 5.43 Å². The van der Waals surface area contributed by atoms with Crippen LogP contribution in [0.2, 0.25) is 0 Å². The van der Waals surface area contributed by atoms with Crippen LogP contribution in [0.1, 0.15) is 12.5 Å². The third-order valence-electron chi connectivity index (χ3n) is 1.88. The van der Waals surface area contributed by atoms with Crippen LogP contribution >= 0.6 is 0 Å². The molecule has 0 spiro atoms. The molecule has 0 bridgehead atoms. The first-order valence-corrected chi connectivity index (χ1v) is 4.80. The number of rotatable bonds is 0. The summed E-state index contributed by atoms with van der Waals surface area (Å²) < 4.78 is 5.01. The zero-order chi connectivity index (χ0) is 13.7. The van der Waals surface area contributed by atoms with Gasteiger partial charge in [0, 0.05) is 13.0 Å². The summed E-state index contributed by atoms with van der Waals surface area (Å²) in [6.07, 6.45) is 1.09. The van der Waals surface area contributed by atoms with Crippen molar-refractivity contribution in [2.45, 2.75) is 6.92 Å². The molecule has 6 nitrogen and oxygen atoms in total. The zero-order valence-corrected chi connectivity index (χ0v) is 9.38. The Balaban J connectivity index is 0.000000357. The molecule has 2 rings (SSSR count). The number of carboxylic acids is 1. The zero-order valence-electron chi connectivity index (χ0n) is 9.38. The van der Waals surface area contributed by atoms with E-state index in [2.05, 4.69) is 0 Å². The van der Waals surface area contributed by atoms with Gasteiger partial charge in [-0.1, -0.05) is 0 Å². The van der Waals surface area contributed by atoms with Crippen molar-refractivity contribution in [2.24, 2.45) is 0 Å². The molecule has 92 valence electrons. The van der Waals surface area contributed by atoms with Gasteiger partial charge in [-0.25, -0.2) is 0 Å². The molecule has 0 radical (unpaired) electrons. The van der Waals surface area contributed by atoms with E-state index in [4.69, 9.17) is 24.7 Å². The van der Waals surface area contributed by atoms with Crippen LogP contribution in [0.3, 0.4) is 0 Å². The minimum Gasteiger partial charge on any atom is -0.508 e. The summed E-state index contributed by atoms with van der Waals surface area (Å²) >= 11 is 0. The van der Waals surface area contributed by atoms with Crippen LogP contribution in [0, 0.1) is 11.3 Å². The van der Waals surface area contributed by atoms with Crippen molar-refractivity contribution >= 4 is 16.9 Å². The maximum Gasteiger partial charge on any atom is 0.300 e. The number of nitrogens with zero attached hydrogens (tertiary/aromatic N) is 1. The van der Waals surface area contributed by atoms with E-state index in [1.165, 1.54) is 18.2 Å². The second kappa shape index (κ2) is 5.50. The Kier molecular flexibility index (Phi) is 4.05. The van der Waals surface area contributed by atoms with Crippen molar-refractivity contribution in [3.63, 3.8) is 0 Å². The Morgan fingerprint density at radius 2 is 2.06 bits per heavy atom. The normalized spacial score (nSPS) is 9.11. The van der Waals surface area contributed by atoms with Gasteiger partial charge in [0.15, 0.2) is 0 Å². The molecule has 2 N–H and O–H groups in total.